The maximum absolute atomic E-state index is 12.6. The SMILES string of the molecule is C#CC1[C@H]2CC(C[C@@H]2C(F)F)N1C(=O)O. The Hall–Kier alpha value is -1.31. The first-order valence-electron chi connectivity index (χ1n) is 4.81. The standard InChI is InChI=1S/C10H11F2NO2/c1-2-8-6-3-5(13(8)10(14)15)4-7(6)9(11)12/h1,5-9H,3-4H2,(H,14,15)/t5?,6-,7-,8?/m0/s1. The van der Waals surface area contributed by atoms with E-state index in [2.05, 4.69) is 5.92 Å². The van der Waals surface area contributed by atoms with Crippen LogP contribution in [-0.4, -0.2) is 34.6 Å². The number of rotatable bonds is 1. The van der Waals surface area contributed by atoms with Crippen molar-refractivity contribution in [3.63, 3.8) is 0 Å². The van der Waals surface area contributed by atoms with Crippen molar-refractivity contribution in [3.8, 4) is 12.3 Å². The van der Waals surface area contributed by atoms with E-state index >= 15 is 0 Å². The van der Waals surface area contributed by atoms with Gasteiger partial charge in [0.25, 0.3) is 0 Å². The number of likely N-dealkylation sites (tertiary alicyclic amines) is 1. The van der Waals surface area contributed by atoms with Crippen LogP contribution >= 0.6 is 0 Å². The van der Waals surface area contributed by atoms with Gasteiger partial charge in [0.05, 0.1) is 6.04 Å². The number of alkyl halides is 2. The highest BCUT2D eigenvalue weighted by atomic mass is 19.3. The number of halogens is 2. The number of carboxylic acid groups (broad SMARTS) is 1. The molecule has 2 rings (SSSR count). The van der Waals surface area contributed by atoms with E-state index < -0.39 is 24.5 Å². The monoisotopic (exact) mass is 215 g/mol. The average molecular weight is 215 g/mol. The van der Waals surface area contributed by atoms with Crippen LogP contribution in [0.5, 0.6) is 0 Å². The van der Waals surface area contributed by atoms with Crippen LogP contribution in [0.4, 0.5) is 13.6 Å². The molecule has 5 heteroatoms. The van der Waals surface area contributed by atoms with Gasteiger partial charge in [-0.15, -0.1) is 6.42 Å². The first kappa shape index (κ1) is 10.2. The molecule has 1 saturated carbocycles. The molecule has 1 N–H and O–H groups in total. The predicted molar refractivity (Wildman–Crippen MR) is 48.5 cm³/mol. The number of amides is 1. The second-order valence-corrected chi connectivity index (χ2v) is 4.09. The van der Waals surface area contributed by atoms with Gasteiger partial charge in [-0.3, -0.25) is 4.90 Å². The Morgan fingerprint density at radius 2 is 2.20 bits per heavy atom. The molecule has 1 saturated heterocycles. The molecule has 2 unspecified atom stereocenters. The lowest BCUT2D eigenvalue weighted by atomic mass is 9.88. The fraction of sp³-hybridized carbons (Fsp3) is 0.700. The summed E-state index contributed by atoms with van der Waals surface area (Å²) in [5.74, 6) is 1.23. The highest BCUT2D eigenvalue weighted by molar-refractivity contribution is 5.67. The summed E-state index contributed by atoms with van der Waals surface area (Å²) in [5.41, 5.74) is 0. The topological polar surface area (TPSA) is 40.5 Å². The van der Waals surface area contributed by atoms with Crippen LogP contribution in [0, 0.1) is 24.2 Å². The average Bonchev–Trinajstić information content (AvgIpc) is 2.72. The molecule has 1 heterocycles. The lowest BCUT2D eigenvalue weighted by Gasteiger charge is -2.34. The van der Waals surface area contributed by atoms with Gasteiger partial charge >= 0.3 is 6.09 Å². The van der Waals surface area contributed by atoms with E-state index in [0.717, 1.165) is 4.90 Å². The number of piperidine rings is 1. The second kappa shape index (κ2) is 3.37. The van der Waals surface area contributed by atoms with Crippen LogP contribution < -0.4 is 0 Å². The third-order valence-electron chi connectivity index (χ3n) is 3.45. The van der Waals surface area contributed by atoms with E-state index in [1.165, 1.54) is 0 Å². The van der Waals surface area contributed by atoms with E-state index in [1.807, 2.05) is 0 Å². The number of carbonyl (C=O) groups is 1. The number of hydrogen-bond acceptors (Lipinski definition) is 1. The molecule has 4 atom stereocenters. The Bertz CT molecular complexity index is 326. The maximum atomic E-state index is 12.6. The van der Waals surface area contributed by atoms with Crippen LogP contribution in [0.1, 0.15) is 12.8 Å². The molecule has 1 amide bonds. The first-order valence-corrected chi connectivity index (χ1v) is 4.81. The van der Waals surface area contributed by atoms with Crippen LogP contribution in [0.2, 0.25) is 0 Å². The number of fused-ring (bicyclic) bond motifs is 2. The Morgan fingerprint density at radius 3 is 2.67 bits per heavy atom. The summed E-state index contributed by atoms with van der Waals surface area (Å²) >= 11 is 0. The van der Waals surface area contributed by atoms with E-state index in [-0.39, 0.29) is 18.4 Å². The summed E-state index contributed by atoms with van der Waals surface area (Å²) in [6.07, 6.45) is 2.44. The third kappa shape index (κ3) is 1.36. The zero-order chi connectivity index (χ0) is 11.2. The Morgan fingerprint density at radius 1 is 1.53 bits per heavy atom. The Labute approximate surface area is 86.1 Å². The summed E-state index contributed by atoms with van der Waals surface area (Å²) in [6, 6.07) is -0.979. The largest absolute Gasteiger partial charge is 0.465 e. The maximum Gasteiger partial charge on any atom is 0.408 e. The van der Waals surface area contributed by atoms with Gasteiger partial charge in [-0.25, -0.2) is 13.6 Å². The van der Waals surface area contributed by atoms with Gasteiger partial charge in [0, 0.05) is 17.9 Å². The molecule has 0 aromatic heterocycles. The number of hydrogen-bond donors (Lipinski definition) is 1. The number of terminal acetylenes is 1. The zero-order valence-electron chi connectivity index (χ0n) is 7.94. The summed E-state index contributed by atoms with van der Waals surface area (Å²) in [7, 11) is 0. The molecule has 0 aromatic rings. The van der Waals surface area contributed by atoms with E-state index in [0.29, 0.717) is 6.42 Å². The van der Waals surface area contributed by atoms with Crippen LogP contribution in [0.15, 0.2) is 0 Å². The van der Waals surface area contributed by atoms with Gasteiger partial charge in [0.1, 0.15) is 0 Å². The zero-order valence-corrected chi connectivity index (χ0v) is 7.94. The molecule has 0 radical (unpaired) electrons. The second-order valence-electron chi connectivity index (χ2n) is 4.09. The third-order valence-corrected chi connectivity index (χ3v) is 3.45. The fourth-order valence-electron chi connectivity index (χ4n) is 2.87. The van der Waals surface area contributed by atoms with Crippen molar-refractivity contribution in [1.29, 1.82) is 0 Å². The first-order chi connectivity index (χ1) is 7.06. The minimum Gasteiger partial charge on any atom is -0.465 e. The van der Waals surface area contributed by atoms with Crippen molar-refractivity contribution >= 4 is 6.09 Å². The molecule has 0 spiro atoms. The Kier molecular flexibility index (Phi) is 2.29. The van der Waals surface area contributed by atoms with Crippen LogP contribution in [0.25, 0.3) is 0 Å². The predicted octanol–water partition coefficient (Wildman–Crippen LogP) is 1.64. The summed E-state index contributed by atoms with van der Waals surface area (Å²) in [6.45, 7) is 0. The summed E-state index contributed by atoms with van der Waals surface area (Å²) in [4.78, 5) is 12.0. The van der Waals surface area contributed by atoms with Crippen LogP contribution in [0.3, 0.4) is 0 Å². The summed E-state index contributed by atoms with van der Waals surface area (Å²) < 4.78 is 25.2. The molecule has 2 aliphatic rings. The van der Waals surface area contributed by atoms with Gasteiger partial charge in [-0.05, 0) is 12.8 Å². The van der Waals surface area contributed by atoms with Crippen molar-refractivity contribution < 1.29 is 18.7 Å². The minimum atomic E-state index is -2.40. The number of nitrogens with zero attached hydrogens (tertiary/aromatic N) is 1. The normalized spacial score (nSPS) is 38.4. The van der Waals surface area contributed by atoms with E-state index in [9.17, 15) is 13.6 Å². The van der Waals surface area contributed by atoms with Gasteiger partial charge < -0.3 is 5.11 Å². The van der Waals surface area contributed by atoms with Crippen molar-refractivity contribution in [1.82, 2.24) is 4.90 Å². The molecule has 3 nitrogen and oxygen atoms in total. The molecule has 2 bridgehead atoms. The van der Waals surface area contributed by atoms with Crippen molar-refractivity contribution in [2.45, 2.75) is 31.4 Å². The molecular formula is C10H11F2NO2. The highest BCUT2D eigenvalue weighted by Crippen LogP contribution is 2.48. The van der Waals surface area contributed by atoms with E-state index in [1.54, 1.807) is 0 Å². The smallest absolute Gasteiger partial charge is 0.408 e. The summed E-state index contributed by atoms with van der Waals surface area (Å²) in [5, 5.41) is 8.90. The molecule has 15 heavy (non-hydrogen) atoms. The molecule has 1 aliphatic heterocycles. The lowest BCUT2D eigenvalue weighted by molar-refractivity contribution is 0.0181. The van der Waals surface area contributed by atoms with Gasteiger partial charge in [-0.2, -0.15) is 0 Å². The van der Waals surface area contributed by atoms with Gasteiger partial charge in [-0.1, -0.05) is 5.92 Å². The molecule has 82 valence electrons. The quantitative estimate of drug-likeness (QED) is 0.675. The van der Waals surface area contributed by atoms with Crippen molar-refractivity contribution in [3.05, 3.63) is 0 Å². The molecular weight excluding hydrogens is 204 g/mol. The minimum absolute atomic E-state index is 0.243. The van der Waals surface area contributed by atoms with E-state index in [4.69, 9.17) is 11.5 Å². The van der Waals surface area contributed by atoms with Crippen molar-refractivity contribution in [2.24, 2.45) is 11.8 Å². The molecule has 0 aromatic carbocycles. The lowest BCUT2D eigenvalue weighted by Crippen LogP contribution is -2.47. The Balaban J connectivity index is 2.21. The van der Waals surface area contributed by atoms with Crippen molar-refractivity contribution in [2.75, 3.05) is 0 Å². The fourth-order valence-corrected chi connectivity index (χ4v) is 2.87. The van der Waals surface area contributed by atoms with Crippen LogP contribution in [-0.2, 0) is 0 Å². The van der Waals surface area contributed by atoms with Gasteiger partial charge in [0.2, 0.25) is 6.43 Å². The molecule has 1 aliphatic carbocycles. The molecule has 2 fully saturated rings. The highest BCUT2D eigenvalue weighted by Gasteiger charge is 2.55. The van der Waals surface area contributed by atoms with Gasteiger partial charge in [0.15, 0.2) is 0 Å².